The number of nitrogens with zero attached hydrogens (tertiary/aromatic N) is 2. The molecule has 0 aliphatic carbocycles. The first-order valence-corrected chi connectivity index (χ1v) is 6.97. The van der Waals surface area contributed by atoms with Crippen LogP contribution >= 0.6 is 15.9 Å². The molecule has 0 unspecified atom stereocenters. The molecule has 4 heteroatoms. The number of aliphatic imine (C=N–C) groups is 1. The van der Waals surface area contributed by atoms with Gasteiger partial charge in [0.25, 0.3) is 0 Å². The van der Waals surface area contributed by atoms with E-state index in [1.165, 1.54) is 0 Å². The average molecular weight is 326 g/mol. The lowest BCUT2D eigenvalue weighted by Gasteiger charge is -2.04. The molecule has 0 atom stereocenters. The second-order valence-corrected chi connectivity index (χ2v) is 5.28. The summed E-state index contributed by atoms with van der Waals surface area (Å²) < 4.78 is 0.946. The SMILES string of the molecule is NC(=Nc1cccc2cc(Br)cnc12)c1ccccc1. The van der Waals surface area contributed by atoms with Crippen LogP contribution in [0.5, 0.6) is 0 Å². The maximum atomic E-state index is 6.06. The summed E-state index contributed by atoms with van der Waals surface area (Å²) in [6.45, 7) is 0. The van der Waals surface area contributed by atoms with Crippen LogP contribution in [-0.4, -0.2) is 10.8 Å². The maximum Gasteiger partial charge on any atom is 0.131 e. The quantitative estimate of drug-likeness (QED) is 0.571. The highest BCUT2D eigenvalue weighted by Gasteiger charge is 2.04. The average Bonchev–Trinajstić information content (AvgIpc) is 2.48. The van der Waals surface area contributed by atoms with E-state index in [1.54, 1.807) is 6.20 Å². The summed E-state index contributed by atoms with van der Waals surface area (Å²) in [6.07, 6.45) is 1.76. The molecule has 1 aromatic heterocycles. The van der Waals surface area contributed by atoms with Gasteiger partial charge in [0.2, 0.25) is 0 Å². The Morgan fingerprint density at radius 3 is 2.65 bits per heavy atom. The molecule has 0 aliphatic heterocycles. The van der Waals surface area contributed by atoms with Crippen LogP contribution in [0.2, 0.25) is 0 Å². The van der Waals surface area contributed by atoms with E-state index in [9.17, 15) is 0 Å². The number of aromatic nitrogens is 1. The molecule has 20 heavy (non-hydrogen) atoms. The van der Waals surface area contributed by atoms with Crippen molar-refractivity contribution in [2.24, 2.45) is 10.7 Å². The molecular formula is C16H12BrN3. The van der Waals surface area contributed by atoms with Gasteiger partial charge in [0.05, 0.1) is 11.2 Å². The number of fused-ring (bicyclic) bond motifs is 1. The van der Waals surface area contributed by atoms with Gasteiger partial charge in [-0.3, -0.25) is 4.98 Å². The second kappa shape index (κ2) is 5.43. The molecule has 3 nitrogen and oxygen atoms in total. The number of hydrogen-bond acceptors (Lipinski definition) is 2. The Labute approximate surface area is 125 Å². The Kier molecular flexibility index (Phi) is 3.48. The van der Waals surface area contributed by atoms with Gasteiger partial charge >= 0.3 is 0 Å². The summed E-state index contributed by atoms with van der Waals surface area (Å²) in [5.74, 6) is 0.489. The number of pyridine rings is 1. The summed E-state index contributed by atoms with van der Waals surface area (Å²) in [7, 11) is 0. The van der Waals surface area contributed by atoms with E-state index in [-0.39, 0.29) is 0 Å². The lowest BCUT2D eigenvalue weighted by molar-refractivity contribution is 1.36. The lowest BCUT2D eigenvalue weighted by Crippen LogP contribution is -2.12. The molecule has 0 spiro atoms. The molecule has 0 bridgehead atoms. The molecule has 0 saturated carbocycles. The smallest absolute Gasteiger partial charge is 0.131 e. The summed E-state index contributed by atoms with van der Waals surface area (Å²) in [5, 5.41) is 1.03. The van der Waals surface area contributed by atoms with Gasteiger partial charge in [-0.15, -0.1) is 0 Å². The molecule has 3 rings (SSSR count). The van der Waals surface area contributed by atoms with Crippen LogP contribution in [0, 0.1) is 0 Å². The molecule has 0 saturated heterocycles. The van der Waals surface area contributed by atoms with Crippen LogP contribution in [0.15, 0.2) is 70.3 Å². The van der Waals surface area contributed by atoms with Crippen LogP contribution in [0.3, 0.4) is 0 Å². The highest BCUT2D eigenvalue weighted by Crippen LogP contribution is 2.26. The fourth-order valence-corrected chi connectivity index (χ4v) is 2.36. The predicted octanol–water partition coefficient (Wildman–Crippen LogP) is 4.03. The van der Waals surface area contributed by atoms with Crippen molar-refractivity contribution >= 4 is 38.4 Å². The molecule has 2 N–H and O–H groups in total. The number of amidine groups is 1. The summed E-state index contributed by atoms with van der Waals surface area (Å²) >= 11 is 3.42. The molecular weight excluding hydrogens is 314 g/mol. The minimum absolute atomic E-state index is 0.489. The van der Waals surface area contributed by atoms with E-state index in [4.69, 9.17) is 5.73 Å². The molecule has 98 valence electrons. The van der Waals surface area contributed by atoms with Gasteiger partial charge in [0.15, 0.2) is 0 Å². The fourth-order valence-electron chi connectivity index (χ4n) is 2.01. The van der Waals surface area contributed by atoms with Crippen molar-refractivity contribution < 1.29 is 0 Å². The number of benzene rings is 2. The van der Waals surface area contributed by atoms with E-state index >= 15 is 0 Å². The summed E-state index contributed by atoms with van der Waals surface area (Å²) in [5.41, 5.74) is 8.58. The molecule has 2 aromatic carbocycles. The number of nitrogens with two attached hydrogens (primary N) is 1. The lowest BCUT2D eigenvalue weighted by atomic mass is 10.2. The van der Waals surface area contributed by atoms with Gasteiger partial charge in [-0.05, 0) is 28.1 Å². The van der Waals surface area contributed by atoms with Crippen LogP contribution in [0.1, 0.15) is 5.56 Å². The number of rotatable bonds is 2. The second-order valence-electron chi connectivity index (χ2n) is 4.37. The standard InChI is InChI=1S/C16H12BrN3/c17-13-9-12-7-4-8-14(15(12)19-10-13)20-16(18)11-5-2-1-3-6-11/h1-10H,(H2,18,20). The van der Waals surface area contributed by atoms with Crippen LogP contribution in [-0.2, 0) is 0 Å². The third kappa shape index (κ3) is 2.56. The van der Waals surface area contributed by atoms with Gasteiger partial charge in [-0.25, -0.2) is 4.99 Å². The van der Waals surface area contributed by atoms with E-state index in [0.717, 1.165) is 26.6 Å². The monoisotopic (exact) mass is 325 g/mol. The van der Waals surface area contributed by atoms with Crippen molar-refractivity contribution in [3.8, 4) is 0 Å². The topological polar surface area (TPSA) is 51.3 Å². The van der Waals surface area contributed by atoms with Gasteiger partial charge in [-0.2, -0.15) is 0 Å². The third-order valence-electron chi connectivity index (χ3n) is 2.97. The van der Waals surface area contributed by atoms with Crippen molar-refractivity contribution in [3.63, 3.8) is 0 Å². The van der Waals surface area contributed by atoms with Crippen LogP contribution < -0.4 is 5.73 Å². The van der Waals surface area contributed by atoms with Crippen molar-refractivity contribution in [2.75, 3.05) is 0 Å². The van der Waals surface area contributed by atoms with Crippen LogP contribution in [0.25, 0.3) is 10.9 Å². The Balaban J connectivity index is 2.11. The highest BCUT2D eigenvalue weighted by molar-refractivity contribution is 9.10. The number of halogens is 1. The van der Waals surface area contributed by atoms with Crippen molar-refractivity contribution in [2.45, 2.75) is 0 Å². The molecule has 0 amide bonds. The fraction of sp³-hybridized carbons (Fsp3) is 0. The largest absolute Gasteiger partial charge is 0.383 e. The highest BCUT2D eigenvalue weighted by atomic mass is 79.9. The van der Waals surface area contributed by atoms with Gasteiger partial charge in [0, 0.05) is 21.6 Å². The minimum Gasteiger partial charge on any atom is -0.383 e. The zero-order chi connectivity index (χ0) is 13.9. The van der Waals surface area contributed by atoms with Crippen molar-refractivity contribution in [1.82, 2.24) is 4.98 Å². The minimum atomic E-state index is 0.489. The van der Waals surface area contributed by atoms with E-state index in [0.29, 0.717) is 5.84 Å². The Hall–Kier alpha value is -2.20. The van der Waals surface area contributed by atoms with E-state index in [2.05, 4.69) is 25.9 Å². The zero-order valence-electron chi connectivity index (χ0n) is 10.6. The third-order valence-corrected chi connectivity index (χ3v) is 3.40. The van der Waals surface area contributed by atoms with Gasteiger partial charge in [-0.1, -0.05) is 42.5 Å². The number of para-hydroxylation sites is 1. The van der Waals surface area contributed by atoms with Crippen LogP contribution in [0.4, 0.5) is 5.69 Å². The first kappa shape index (κ1) is 12.8. The van der Waals surface area contributed by atoms with Gasteiger partial charge < -0.3 is 5.73 Å². The van der Waals surface area contributed by atoms with E-state index < -0.39 is 0 Å². The molecule has 0 fully saturated rings. The van der Waals surface area contributed by atoms with E-state index in [1.807, 2.05) is 54.6 Å². The zero-order valence-corrected chi connectivity index (χ0v) is 12.2. The normalized spacial score (nSPS) is 11.8. The predicted molar refractivity (Wildman–Crippen MR) is 86.3 cm³/mol. The maximum absolute atomic E-state index is 6.06. The van der Waals surface area contributed by atoms with Crippen molar-refractivity contribution in [1.29, 1.82) is 0 Å². The Bertz CT molecular complexity index is 782. The number of hydrogen-bond donors (Lipinski definition) is 1. The first-order valence-electron chi connectivity index (χ1n) is 6.18. The van der Waals surface area contributed by atoms with Gasteiger partial charge in [0.1, 0.15) is 5.84 Å². The molecule has 0 radical (unpaired) electrons. The summed E-state index contributed by atoms with van der Waals surface area (Å²) in [4.78, 5) is 8.92. The Morgan fingerprint density at radius 1 is 1.05 bits per heavy atom. The summed E-state index contributed by atoms with van der Waals surface area (Å²) in [6, 6.07) is 17.6. The first-order chi connectivity index (χ1) is 9.74. The molecule has 3 aromatic rings. The van der Waals surface area contributed by atoms with Crippen molar-refractivity contribution in [3.05, 3.63) is 70.8 Å². The molecule has 1 heterocycles. The molecule has 0 aliphatic rings. The Morgan fingerprint density at radius 2 is 1.85 bits per heavy atom.